The first-order valence-electron chi connectivity index (χ1n) is 8.41. The van der Waals surface area contributed by atoms with Crippen LogP contribution in [0.3, 0.4) is 0 Å². The van der Waals surface area contributed by atoms with Crippen molar-refractivity contribution in [2.45, 2.75) is 6.92 Å². The first kappa shape index (κ1) is 17.0. The van der Waals surface area contributed by atoms with Gasteiger partial charge in [0.25, 0.3) is 5.56 Å². The Morgan fingerprint density at radius 2 is 1.85 bits per heavy atom. The molecular weight excluding hydrogens is 354 g/mol. The summed E-state index contributed by atoms with van der Waals surface area (Å²) in [6, 6.07) is 17.3. The molecule has 4 aromatic rings. The fourth-order valence-electron chi connectivity index (χ4n) is 3.00. The van der Waals surface area contributed by atoms with Crippen LogP contribution in [-0.2, 0) is 0 Å². The third-order valence-corrected chi connectivity index (χ3v) is 5.12. The molecule has 2 aromatic heterocycles. The number of aryl methyl sites for hydroxylation is 1. The van der Waals surface area contributed by atoms with E-state index in [1.807, 2.05) is 66.2 Å². The smallest absolute Gasteiger partial charge is 0.267 e. The molecule has 2 aromatic carbocycles. The van der Waals surface area contributed by atoms with Crippen molar-refractivity contribution in [2.75, 3.05) is 0 Å². The second-order valence-electron chi connectivity index (χ2n) is 6.10. The molecule has 0 aliphatic carbocycles. The number of aromatic nitrogens is 2. The van der Waals surface area contributed by atoms with Gasteiger partial charge >= 0.3 is 0 Å². The number of rotatable bonds is 3. The normalized spacial score (nSPS) is 11.1. The van der Waals surface area contributed by atoms with Crippen LogP contribution in [0.15, 0.2) is 64.1 Å². The molecule has 0 N–H and O–H groups in total. The van der Waals surface area contributed by atoms with Crippen LogP contribution in [0.2, 0.25) is 0 Å². The summed E-state index contributed by atoms with van der Waals surface area (Å²) in [5.74, 6) is 0.535. The van der Waals surface area contributed by atoms with Gasteiger partial charge in [-0.1, -0.05) is 36.4 Å². The Morgan fingerprint density at radius 1 is 1.07 bits per heavy atom. The van der Waals surface area contributed by atoms with E-state index in [0.717, 1.165) is 16.8 Å². The van der Waals surface area contributed by atoms with Gasteiger partial charge in [0.1, 0.15) is 5.82 Å². The Bertz CT molecular complexity index is 1270. The molecule has 5 heteroatoms. The second-order valence-corrected chi connectivity index (χ2v) is 6.84. The van der Waals surface area contributed by atoms with E-state index in [2.05, 4.69) is 11.1 Å². The summed E-state index contributed by atoms with van der Waals surface area (Å²) in [6.45, 7) is 1.97. The summed E-state index contributed by atoms with van der Waals surface area (Å²) in [7, 11) is 0. The molecule has 0 aliphatic heterocycles. The summed E-state index contributed by atoms with van der Waals surface area (Å²) in [5, 5.41) is 13.6. The minimum Gasteiger partial charge on any atom is -0.268 e. The molecule has 0 atom stereocenters. The SMILES string of the molecule is Cc1ccccc1-n1c(C=Cc2ccccc2C#N)nc2cscc2c1=O. The van der Waals surface area contributed by atoms with E-state index in [4.69, 9.17) is 0 Å². The molecule has 0 unspecified atom stereocenters. The highest BCUT2D eigenvalue weighted by molar-refractivity contribution is 7.09. The van der Waals surface area contributed by atoms with Crippen molar-refractivity contribution in [1.82, 2.24) is 9.55 Å². The van der Waals surface area contributed by atoms with Crippen molar-refractivity contribution in [3.05, 3.63) is 92.2 Å². The Kier molecular flexibility index (Phi) is 4.41. The number of nitriles is 1. The molecule has 27 heavy (non-hydrogen) atoms. The largest absolute Gasteiger partial charge is 0.268 e. The van der Waals surface area contributed by atoms with Gasteiger partial charge in [-0.3, -0.25) is 9.36 Å². The standard InChI is InChI=1S/C22H15N3OS/c1-15-6-2-5-9-20(15)25-21(24-19-14-27-13-18(19)22(25)26)11-10-16-7-3-4-8-17(16)12-23/h2-11,13-14H,1H3. The van der Waals surface area contributed by atoms with E-state index in [1.54, 1.807) is 16.7 Å². The number of fused-ring (bicyclic) bond motifs is 1. The summed E-state index contributed by atoms with van der Waals surface area (Å²) >= 11 is 1.46. The molecule has 0 spiro atoms. The van der Waals surface area contributed by atoms with E-state index < -0.39 is 0 Å². The topological polar surface area (TPSA) is 58.7 Å². The van der Waals surface area contributed by atoms with Crippen LogP contribution in [0.5, 0.6) is 0 Å². The number of thiophene rings is 1. The van der Waals surface area contributed by atoms with Crippen molar-refractivity contribution < 1.29 is 0 Å². The van der Waals surface area contributed by atoms with Gasteiger partial charge in [0.15, 0.2) is 0 Å². The highest BCUT2D eigenvalue weighted by Gasteiger charge is 2.13. The maximum absolute atomic E-state index is 13.1. The zero-order valence-electron chi connectivity index (χ0n) is 14.6. The van der Waals surface area contributed by atoms with E-state index in [9.17, 15) is 10.1 Å². The number of benzene rings is 2. The highest BCUT2D eigenvalue weighted by atomic mass is 32.1. The zero-order chi connectivity index (χ0) is 18.8. The van der Waals surface area contributed by atoms with E-state index >= 15 is 0 Å². The number of para-hydroxylation sites is 1. The maximum atomic E-state index is 13.1. The number of nitrogens with zero attached hydrogens (tertiary/aromatic N) is 3. The Morgan fingerprint density at radius 3 is 2.67 bits per heavy atom. The average molecular weight is 369 g/mol. The minimum atomic E-state index is -0.0937. The lowest BCUT2D eigenvalue weighted by molar-refractivity contribution is 0.936. The molecule has 0 saturated heterocycles. The van der Waals surface area contributed by atoms with E-state index in [1.165, 1.54) is 11.3 Å². The first-order valence-corrected chi connectivity index (χ1v) is 9.35. The van der Waals surface area contributed by atoms with Crippen molar-refractivity contribution in [3.63, 3.8) is 0 Å². The molecule has 0 amide bonds. The fraction of sp³-hybridized carbons (Fsp3) is 0.0455. The van der Waals surface area contributed by atoms with Crippen LogP contribution in [0.4, 0.5) is 0 Å². The van der Waals surface area contributed by atoms with Crippen LogP contribution in [-0.4, -0.2) is 9.55 Å². The van der Waals surface area contributed by atoms with Crippen LogP contribution in [0.1, 0.15) is 22.5 Å². The number of hydrogen-bond acceptors (Lipinski definition) is 4. The molecule has 0 saturated carbocycles. The van der Waals surface area contributed by atoms with Crippen molar-refractivity contribution >= 4 is 34.4 Å². The van der Waals surface area contributed by atoms with Gasteiger partial charge in [-0.15, -0.1) is 11.3 Å². The van der Waals surface area contributed by atoms with Crippen LogP contribution in [0.25, 0.3) is 28.7 Å². The lowest BCUT2D eigenvalue weighted by Gasteiger charge is -2.12. The lowest BCUT2D eigenvalue weighted by Crippen LogP contribution is -2.22. The lowest BCUT2D eigenvalue weighted by atomic mass is 10.1. The van der Waals surface area contributed by atoms with Gasteiger partial charge < -0.3 is 0 Å². The molecule has 0 bridgehead atoms. The fourth-order valence-corrected chi connectivity index (χ4v) is 3.74. The molecule has 4 rings (SSSR count). The molecule has 2 heterocycles. The predicted octanol–water partition coefficient (Wildman–Crippen LogP) is 4.80. The van der Waals surface area contributed by atoms with Crippen molar-refractivity contribution in [2.24, 2.45) is 0 Å². The summed E-state index contributed by atoms with van der Waals surface area (Å²) in [5.41, 5.74) is 3.75. The summed E-state index contributed by atoms with van der Waals surface area (Å²) in [4.78, 5) is 17.8. The van der Waals surface area contributed by atoms with Crippen LogP contribution < -0.4 is 5.56 Å². The average Bonchev–Trinajstić information content (AvgIpc) is 3.16. The van der Waals surface area contributed by atoms with Gasteiger partial charge in [0, 0.05) is 10.8 Å². The molecule has 0 radical (unpaired) electrons. The predicted molar refractivity (Wildman–Crippen MR) is 110 cm³/mol. The minimum absolute atomic E-state index is 0.0937. The molecule has 130 valence electrons. The summed E-state index contributed by atoms with van der Waals surface area (Å²) in [6.07, 6.45) is 3.62. The van der Waals surface area contributed by atoms with Gasteiger partial charge in [-0.2, -0.15) is 5.26 Å². The molecular formula is C22H15N3OS. The Labute approximate surface area is 160 Å². The quantitative estimate of drug-likeness (QED) is 0.521. The third kappa shape index (κ3) is 3.07. The van der Waals surface area contributed by atoms with Gasteiger partial charge in [0.05, 0.1) is 28.2 Å². The van der Waals surface area contributed by atoms with Crippen molar-refractivity contribution in [3.8, 4) is 11.8 Å². The maximum Gasteiger partial charge on any atom is 0.267 e. The number of hydrogen-bond donors (Lipinski definition) is 0. The Hall–Kier alpha value is -3.49. The molecule has 0 fully saturated rings. The van der Waals surface area contributed by atoms with E-state index in [-0.39, 0.29) is 5.56 Å². The highest BCUT2D eigenvalue weighted by Crippen LogP contribution is 2.20. The Balaban J connectivity index is 1.96. The van der Waals surface area contributed by atoms with E-state index in [0.29, 0.717) is 22.3 Å². The second kappa shape index (κ2) is 7.02. The monoisotopic (exact) mass is 369 g/mol. The molecule has 4 nitrogen and oxygen atoms in total. The first-order chi connectivity index (χ1) is 13.2. The third-order valence-electron chi connectivity index (χ3n) is 4.39. The molecule has 0 aliphatic rings. The van der Waals surface area contributed by atoms with Gasteiger partial charge in [-0.05, 0) is 42.3 Å². The zero-order valence-corrected chi connectivity index (χ0v) is 15.4. The van der Waals surface area contributed by atoms with Gasteiger partial charge in [0.2, 0.25) is 0 Å². The van der Waals surface area contributed by atoms with Crippen molar-refractivity contribution in [1.29, 1.82) is 5.26 Å². The van der Waals surface area contributed by atoms with Crippen LogP contribution in [0, 0.1) is 18.3 Å². The van der Waals surface area contributed by atoms with Crippen LogP contribution >= 0.6 is 11.3 Å². The van der Waals surface area contributed by atoms with Gasteiger partial charge in [-0.25, -0.2) is 4.98 Å². The summed E-state index contributed by atoms with van der Waals surface area (Å²) < 4.78 is 1.63.